The second-order valence-electron chi connectivity index (χ2n) is 6.73. The van der Waals surface area contributed by atoms with Crippen molar-refractivity contribution in [2.45, 2.75) is 58.0 Å². The van der Waals surface area contributed by atoms with E-state index < -0.39 is 10.1 Å². The standard InChI is InChI=1S/C17H26O3S/c1-12(2)16-10-7-14(4)11-17(16)20-21(18,19)15-8-5-13(3)6-9-15/h5-6,8-9,12,14,16-17H,7,10-11H2,1-4H3/t14-,16-,17-/m0/s1. The molecule has 3 atom stereocenters. The third kappa shape index (κ3) is 4.07. The fourth-order valence-electron chi connectivity index (χ4n) is 3.15. The van der Waals surface area contributed by atoms with Crippen LogP contribution in [-0.2, 0) is 14.3 Å². The smallest absolute Gasteiger partial charge is 0.263 e. The monoisotopic (exact) mass is 310 g/mol. The summed E-state index contributed by atoms with van der Waals surface area (Å²) in [5.41, 5.74) is 1.04. The molecular weight excluding hydrogens is 284 g/mol. The van der Waals surface area contributed by atoms with E-state index in [1.165, 1.54) is 0 Å². The van der Waals surface area contributed by atoms with E-state index in [9.17, 15) is 8.42 Å². The van der Waals surface area contributed by atoms with Gasteiger partial charge in [0.15, 0.2) is 0 Å². The first kappa shape index (κ1) is 16.5. The van der Waals surface area contributed by atoms with Crippen molar-refractivity contribution in [1.29, 1.82) is 0 Å². The number of hydrogen-bond acceptors (Lipinski definition) is 3. The summed E-state index contributed by atoms with van der Waals surface area (Å²) in [6.45, 7) is 8.41. The molecule has 4 heteroatoms. The third-order valence-corrected chi connectivity index (χ3v) is 5.87. The van der Waals surface area contributed by atoms with Gasteiger partial charge in [0.05, 0.1) is 11.0 Å². The molecule has 0 N–H and O–H groups in total. The summed E-state index contributed by atoms with van der Waals surface area (Å²) in [5.74, 6) is 1.29. The average molecular weight is 310 g/mol. The molecule has 0 radical (unpaired) electrons. The van der Waals surface area contributed by atoms with Gasteiger partial charge in [-0.15, -0.1) is 0 Å². The van der Waals surface area contributed by atoms with Gasteiger partial charge in [-0.3, -0.25) is 4.18 Å². The molecule has 1 aromatic rings. The molecule has 0 aliphatic heterocycles. The first-order chi connectivity index (χ1) is 9.79. The zero-order valence-corrected chi connectivity index (χ0v) is 14.2. The second-order valence-corrected chi connectivity index (χ2v) is 8.30. The van der Waals surface area contributed by atoms with Crippen LogP contribution in [0.5, 0.6) is 0 Å². The van der Waals surface area contributed by atoms with Crippen molar-refractivity contribution in [2.75, 3.05) is 0 Å². The van der Waals surface area contributed by atoms with Crippen molar-refractivity contribution in [1.82, 2.24) is 0 Å². The van der Waals surface area contributed by atoms with Gasteiger partial charge in [0.2, 0.25) is 0 Å². The molecule has 1 saturated carbocycles. The highest BCUT2D eigenvalue weighted by Gasteiger charge is 2.35. The number of aryl methyl sites for hydroxylation is 1. The van der Waals surface area contributed by atoms with Crippen LogP contribution < -0.4 is 0 Å². The Morgan fingerprint density at radius 2 is 1.76 bits per heavy atom. The highest BCUT2D eigenvalue weighted by molar-refractivity contribution is 7.86. The molecule has 0 heterocycles. The Morgan fingerprint density at radius 3 is 2.33 bits per heavy atom. The number of hydrogen-bond donors (Lipinski definition) is 0. The first-order valence-electron chi connectivity index (χ1n) is 7.79. The topological polar surface area (TPSA) is 43.4 Å². The summed E-state index contributed by atoms with van der Waals surface area (Å²) in [6.07, 6.45) is 2.84. The van der Waals surface area contributed by atoms with Crippen molar-refractivity contribution in [3.63, 3.8) is 0 Å². The molecule has 1 aliphatic carbocycles. The van der Waals surface area contributed by atoms with Crippen LogP contribution in [0, 0.1) is 24.7 Å². The maximum absolute atomic E-state index is 12.5. The van der Waals surface area contributed by atoms with E-state index in [0.29, 0.717) is 17.8 Å². The van der Waals surface area contributed by atoms with Crippen LogP contribution >= 0.6 is 0 Å². The quantitative estimate of drug-likeness (QED) is 0.784. The predicted molar refractivity (Wildman–Crippen MR) is 84.6 cm³/mol. The van der Waals surface area contributed by atoms with Crippen LogP contribution in [0.25, 0.3) is 0 Å². The fraction of sp³-hybridized carbons (Fsp3) is 0.647. The van der Waals surface area contributed by atoms with Gasteiger partial charge in [0, 0.05) is 0 Å². The molecule has 21 heavy (non-hydrogen) atoms. The number of benzene rings is 1. The highest BCUT2D eigenvalue weighted by Crippen LogP contribution is 2.36. The minimum atomic E-state index is -3.67. The Labute approximate surface area is 128 Å². The van der Waals surface area contributed by atoms with Crippen molar-refractivity contribution < 1.29 is 12.6 Å². The van der Waals surface area contributed by atoms with Gasteiger partial charge in [-0.05, 0) is 49.7 Å². The molecule has 1 aromatic carbocycles. The Bertz CT molecular complexity index is 560. The lowest BCUT2D eigenvalue weighted by Gasteiger charge is -2.36. The maximum Gasteiger partial charge on any atom is 0.297 e. The third-order valence-electron chi connectivity index (χ3n) is 4.52. The van der Waals surface area contributed by atoms with Gasteiger partial charge in [0.1, 0.15) is 0 Å². The minimum Gasteiger partial charge on any atom is -0.263 e. The molecule has 1 fully saturated rings. The number of rotatable bonds is 4. The van der Waals surface area contributed by atoms with E-state index in [0.717, 1.165) is 24.8 Å². The van der Waals surface area contributed by atoms with Crippen LogP contribution in [0.3, 0.4) is 0 Å². The van der Waals surface area contributed by atoms with E-state index in [2.05, 4.69) is 20.8 Å². The minimum absolute atomic E-state index is 0.194. The molecule has 0 unspecified atom stereocenters. The highest BCUT2D eigenvalue weighted by atomic mass is 32.2. The lowest BCUT2D eigenvalue weighted by Crippen LogP contribution is -2.35. The molecule has 2 rings (SSSR count). The van der Waals surface area contributed by atoms with Crippen LogP contribution in [0.4, 0.5) is 0 Å². The summed E-state index contributed by atoms with van der Waals surface area (Å²) in [5, 5.41) is 0. The van der Waals surface area contributed by atoms with Crippen molar-refractivity contribution >= 4 is 10.1 Å². The Balaban J connectivity index is 2.19. The molecule has 0 aromatic heterocycles. The van der Waals surface area contributed by atoms with Gasteiger partial charge in [0.25, 0.3) is 10.1 Å². The summed E-state index contributed by atoms with van der Waals surface area (Å²) in [6, 6.07) is 6.86. The lowest BCUT2D eigenvalue weighted by atomic mass is 9.75. The molecule has 118 valence electrons. The van der Waals surface area contributed by atoms with Crippen LogP contribution in [0.15, 0.2) is 29.2 Å². The largest absolute Gasteiger partial charge is 0.297 e. The zero-order chi connectivity index (χ0) is 15.6. The maximum atomic E-state index is 12.5. The summed E-state index contributed by atoms with van der Waals surface area (Å²) >= 11 is 0. The zero-order valence-electron chi connectivity index (χ0n) is 13.4. The van der Waals surface area contributed by atoms with Crippen molar-refractivity contribution in [2.24, 2.45) is 17.8 Å². The Hall–Kier alpha value is -0.870. The molecular formula is C17H26O3S. The SMILES string of the molecule is Cc1ccc(S(=O)(=O)O[C@H]2C[C@@H](C)CC[C@H]2C(C)C)cc1. The summed E-state index contributed by atoms with van der Waals surface area (Å²) < 4.78 is 30.5. The summed E-state index contributed by atoms with van der Waals surface area (Å²) in [7, 11) is -3.67. The molecule has 0 spiro atoms. The second kappa shape index (κ2) is 6.49. The van der Waals surface area contributed by atoms with E-state index in [-0.39, 0.29) is 11.0 Å². The lowest BCUT2D eigenvalue weighted by molar-refractivity contribution is 0.0511. The molecule has 0 amide bonds. The van der Waals surface area contributed by atoms with E-state index in [1.54, 1.807) is 24.3 Å². The van der Waals surface area contributed by atoms with Gasteiger partial charge >= 0.3 is 0 Å². The molecule has 0 bridgehead atoms. The molecule has 1 aliphatic rings. The van der Waals surface area contributed by atoms with Gasteiger partial charge < -0.3 is 0 Å². The van der Waals surface area contributed by atoms with E-state index in [1.807, 2.05) is 6.92 Å². The van der Waals surface area contributed by atoms with Gasteiger partial charge in [-0.2, -0.15) is 8.42 Å². The van der Waals surface area contributed by atoms with Gasteiger partial charge in [-0.25, -0.2) is 0 Å². The van der Waals surface area contributed by atoms with Gasteiger partial charge in [-0.1, -0.05) is 44.9 Å². The van der Waals surface area contributed by atoms with E-state index >= 15 is 0 Å². The van der Waals surface area contributed by atoms with Crippen LogP contribution in [0.2, 0.25) is 0 Å². The Kier molecular flexibility index (Phi) is 5.10. The van der Waals surface area contributed by atoms with Crippen molar-refractivity contribution in [3.05, 3.63) is 29.8 Å². The average Bonchev–Trinajstić information content (AvgIpc) is 2.38. The normalized spacial score (nSPS) is 27.0. The predicted octanol–water partition coefficient (Wildman–Crippen LogP) is 4.16. The fourth-order valence-corrected chi connectivity index (χ4v) is 4.28. The first-order valence-corrected chi connectivity index (χ1v) is 9.20. The summed E-state index contributed by atoms with van der Waals surface area (Å²) in [4.78, 5) is 0.258. The van der Waals surface area contributed by atoms with Crippen LogP contribution in [0.1, 0.15) is 45.6 Å². The van der Waals surface area contributed by atoms with Crippen molar-refractivity contribution in [3.8, 4) is 0 Å². The Morgan fingerprint density at radius 1 is 1.14 bits per heavy atom. The molecule has 0 saturated heterocycles. The van der Waals surface area contributed by atoms with Crippen LogP contribution in [-0.4, -0.2) is 14.5 Å². The molecule has 3 nitrogen and oxygen atoms in total. The van der Waals surface area contributed by atoms with E-state index in [4.69, 9.17) is 4.18 Å².